The summed E-state index contributed by atoms with van der Waals surface area (Å²) < 4.78 is 25.0. The van der Waals surface area contributed by atoms with E-state index in [0.717, 1.165) is 6.26 Å². The second-order valence-corrected chi connectivity index (χ2v) is 6.51. The summed E-state index contributed by atoms with van der Waals surface area (Å²) in [6, 6.07) is 13.1. The van der Waals surface area contributed by atoms with Gasteiger partial charge in [0.2, 0.25) is 10.0 Å². The molecule has 0 radical (unpaired) electrons. The zero-order valence-electron chi connectivity index (χ0n) is 11.1. The zero-order chi connectivity index (χ0) is 15.5. The highest BCUT2D eigenvalue weighted by atomic mass is 35.5. The van der Waals surface area contributed by atoms with E-state index < -0.39 is 15.9 Å². The molecule has 1 amide bonds. The topological polar surface area (TPSA) is 75.3 Å². The molecule has 0 aliphatic rings. The van der Waals surface area contributed by atoms with Gasteiger partial charge in [0.15, 0.2) is 0 Å². The van der Waals surface area contributed by atoms with Crippen LogP contribution in [-0.4, -0.2) is 20.6 Å². The van der Waals surface area contributed by atoms with E-state index in [1.165, 1.54) is 0 Å². The highest BCUT2D eigenvalue weighted by Gasteiger charge is 2.13. The molecule has 2 aromatic carbocycles. The number of para-hydroxylation sites is 2. The molecule has 0 aliphatic carbocycles. The molecule has 5 nitrogen and oxygen atoms in total. The third-order valence-corrected chi connectivity index (χ3v) is 3.51. The van der Waals surface area contributed by atoms with Crippen LogP contribution in [0.4, 0.5) is 11.4 Å². The minimum Gasteiger partial charge on any atom is -0.320 e. The van der Waals surface area contributed by atoms with Crippen molar-refractivity contribution in [3.63, 3.8) is 0 Å². The maximum Gasteiger partial charge on any atom is 0.257 e. The fourth-order valence-electron chi connectivity index (χ4n) is 1.72. The molecule has 0 unspecified atom stereocenters. The standard InChI is InChI=1S/C14H13ClN2O3S/c1-21(19,20)17-13-9-5-4-8-12(13)16-14(18)10-6-2-3-7-11(10)15/h2-9,17H,1H3,(H,16,18). The summed E-state index contributed by atoms with van der Waals surface area (Å²) in [5.74, 6) is -0.414. The number of anilines is 2. The Hall–Kier alpha value is -2.05. The van der Waals surface area contributed by atoms with E-state index in [4.69, 9.17) is 11.6 Å². The van der Waals surface area contributed by atoms with Gasteiger partial charge in [-0.25, -0.2) is 8.42 Å². The first kappa shape index (κ1) is 15.3. The van der Waals surface area contributed by atoms with Crippen molar-refractivity contribution >= 4 is 38.9 Å². The van der Waals surface area contributed by atoms with Crippen LogP contribution in [0.1, 0.15) is 10.4 Å². The summed E-state index contributed by atoms with van der Waals surface area (Å²) >= 11 is 5.96. The van der Waals surface area contributed by atoms with Crippen LogP contribution in [0, 0.1) is 0 Å². The van der Waals surface area contributed by atoms with E-state index in [1.54, 1.807) is 48.5 Å². The predicted octanol–water partition coefficient (Wildman–Crippen LogP) is 2.96. The van der Waals surface area contributed by atoms with Crippen LogP contribution in [0.15, 0.2) is 48.5 Å². The molecule has 0 fully saturated rings. The van der Waals surface area contributed by atoms with Gasteiger partial charge >= 0.3 is 0 Å². The van der Waals surface area contributed by atoms with E-state index in [2.05, 4.69) is 10.0 Å². The Labute approximate surface area is 128 Å². The van der Waals surface area contributed by atoms with E-state index in [0.29, 0.717) is 22.0 Å². The Morgan fingerprint density at radius 1 is 1.00 bits per heavy atom. The molecule has 2 rings (SSSR count). The molecule has 0 aliphatic heterocycles. The Morgan fingerprint density at radius 3 is 2.19 bits per heavy atom. The summed E-state index contributed by atoms with van der Waals surface area (Å²) in [6.07, 6.45) is 1.04. The Balaban J connectivity index is 2.28. The lowest BCUT2D eigenvalue weighted by atomic mass is 10.2. The number of hydrogen-bond donors (Lipinski definition) is 2. The average Bonchev–Trinajstić information content (AvgIpc) is 2.40. The van der Waals surface area contributed by atoms with E-state index in [1.807, 2.05) is 0 Å². The molecule has 0 saturated heterocycles. The van der Waals surface area contributed by atoms with E-state index >= 15 is 0 Å². The Morgan fingerprint density at radius 2 is 1.57 bits per heavy atom. The number of halogens is 1. The van der Waals surface area contributed by atoms with Crippen molar-refractivity contribution in [3.8, 4) is 0 Å². The second-order valence-electron chi connectivity index (χ2n) is 4.35. The van der Waals surface area contributed by atoms with Gasteiger partial charge < -0.3 is 5.32 Å². The van der Waals surface area contributed by atoms with Gasteiger partial charge in [-0.15, -0.1) is 0 Å². The maximum atomic E-state index is 12.2. The number of benzene rings is 2. The molecule has 0 bridgehead atoms. The molecule has 7 heteroatoms. The first-order valence-electron chi connectivity index (χ1n) is 5.99. The molecule has 110 valence electrons. The summed E-state index contributed by atoms with van der Waals surface area (Å²) in [7, 11) is -3.44. The normalized spacial score (nSPS) is 11.0. The Kier molecular flexibility index (Phi) is 4.50. The molecule has 21 heavy (non-hydrogen) atoms. The largest absolute Gasteiger partial charge is 0.320 e. The van der Waals surface area contributed by atoms with Crippen molar-refractivity contribution in [2.24, 2.45) is 0 Å². The van der Waals surface area contributed by atoms with Crippen molar-refractivity contribution in [1.29, 1.82) is 0 Å². The van der Waals surface area contributed by atoms with Crippen molar-refractivity contribution < 1.29 is 13.2 Å². The third kappa shape index (κ3) is 4.21. The minimum absolute atomic E-state index is 0.292. The zero-order valence-corrected chi connectivity index (χ0v) is 12.7. The fraction of sp³-hybridized carbons (Fsp3) is 0.0714. The van der Waals surface area contributed by atoms with E-state index in [9.17, 15) is 13.2 Å². The number of carbonyl (C=O) groups is 1. The van der Waals surface area contributed by atoms with Crippen molar-refractivity contribution in [1.82, 2.24) is 0 Å². The summed E-state index contributed by atoms with van der Waals surface area (Å²) in [4.78, 5) is 12.2. The van der Waals surface area contributed by atoms with Gasteiger partial charge in [0.25, 0.3) is 5.91 Å². The highest BCUT2D eigenvalue weighted by Crippen LogP contribution is 2.24. The van der Waals surface area contributed by atoms with Crippen molar-refractivity contribution in [3.05, 3.63) is 59.1 Å². The van der Waals surface area contributed by atoms with E-state index in [-0.39, 0.29) is 0 Å². The quantitative estimate of drug-likeness (QED) is 0.908. The van der Waals surface area contributed by atoms with Crippen molar-refractivity contribution in [2.45, 2.75) is 0 Å². The van der Waals surface area contributed by atoms with Gasteiger partial charge in [-0.1, -0.05) is 35.9 Å². The molecule has 0 aromatic heterocycles. The lowest BCUT2D eigenvalue weighted by molar-refractivity contribution is 0.102. The fourth-order valence-corrected chi connectivity index (χ4v) is 2.51. The van der Waals surface area contributed by atoms with Crippen LogP contribution in [0.25, 0.3) is 0 Å². The van der Waals surface area contributed by atoms with Gasteiger partial charge in [0.1, 0.15) is 0 Å². The molecule has 2 N–H and O–H groups in total. The Bertz CT molecular complexity index is 775. The molecule has 2 aromatic rings. The molecular weight excluding hydrogens is 312 g/mol. The van der Waals surface area contributed by atoms with Crippen LogP contribution in [0.3, 0.4) is 0 Å². The highest BCUT2D eigenvalue weighted by molar-refractivity contribution is 7.92. The van der Waals surface area contributed by atoms with Gasteiger partial charge in [0.05, 0.1) is 28.2 Å². The van der Waals surface area contributed by atoms with Crippen LogP contribution in [0.2, 0.25) is 5.02 Å². The van der Waals surface area contributed by atoms with Crippen LogP contribution in [-0.2, 0) is 10.0 Å². The summed E-state index contributed by atoms with van der Waals surface area (Å²) in [5, 5.41) is 2.96. The SMILES string of the molecule is CS(=O)(=O)Nc1ccccc1NC(=O)c1ccccc1Cl. The molecule has 0 atom stereocenters. The average molecular weight is 325 g/mol. The van der Waals surface area contributed by atoms with Gasteiger partial charge in [-0.05, 0) is 24.3 Å². The number of rotatable bonds is 4. The molecule has 0 spiro atoms. The van der Waals surface area contributed by atoms with Crippen LogP contribution in [0.5, 0.6) is 0 Å². The molecule has 0 saturated carbocycles. The smallest absolute Gasteiger partial charge is 0.257 e. The number of nitrogens with one attached hydrogen (secondary N) is 2. The van der Waals surface area contributed by atoms with Crippen molar-refractivity contribution in [2.75, 3.05) is 16.3 Å². The summed E-state index contributed by atoms with van der Waals surface area (Å²) in [6.45, 7) is 0. The van der Waals surface area contributed by atoms with Gasteiger partial charge in [0, 0.05) is 0 Å². The minimum atomic E-state index is -3.44. The molecule has 0 heterocycles. The first-order chi connectivity index (χ1) is 9.87. The van der Waals surface area contributed by atoms with Gasteiger partial charge in [-0.3, -0.25) is 9.52 Å². The first-order valence-corrected chi connectivity index (χ1v) is 8.26. The lowest BCUT2D eigenvalue weighted by Gasteiger charge is -2.12. The van der Waals surface area contributed by atoms with Crippen LogP contribution < -0.4 is 10.0 Å². The second kappa shape index (κ2) is 6.15. The van der Waals surface area contributed by atoms with Crippen LogP contribution >= 0.6 is 11.6 Å². The predicted molar refractivity (Wildman–Crippen MR) is 84.3 cm³/mol. The summed E-state index contributed by atoms with van der Waals surface area (Å²) in [5.41, 5.74) is 0.960. The maximum absolute atomic E-state index is 12.2. The number of sulfonamides is 1. The molecular formula is C14H13ClN2O3S. The number of carbonyl (C=O) groups excluding carboxylic acids is 1. The number of hydrogen-bond acceptors (Lipinski definition) is 3. The number of amides is 1. The third-order valence-electron chi connectivity index (χ3n) is 2.59. The lowest BCUT2D eigenvalue weighted by Crippen LogP contribution is -2.16. The monoisotopic (exact) mass is 324 g/mol. The van der Waals surface area contributed by atoms with Gasteiger partial charge in [-0.2, -0.15) is 0 Å².